The van der Waals surface area contributed by atoms with Gasteiger partial charge in [0, 0.05) is 22.7 Å². The van der Waals surface area contributed by atoms with Gasteiger partial charge >= 0.3 is 5.97 Å². The SMILES string of the molecule is COc1cc(/C=C/C(=O)c2ccc(Cl)cc2)ccc1OC(=O)c1ccc([N+](=O)[O-])cc1. The van der Waals surface area contributed by atoms with Crippen LogP contribution >= 0.6 is 11.6 Å². The molecule has 3 aromatic rings. The van der Waals surface area contributed by atoms with E-state index in [4.69, 9.17) is 21.1 Å². The second kappa shape index (κ2) is 9.69. The van der Waals surface area contributed by atoms with Crippen LogP contribution in [0.2, 0.25) is 5.02 Å². The lowest BCUT2D eigenvalue weighted by atomic mass is 10.1. The Labute approximate surface area is 182 Å². The van der Waals surface area contributed by atoms with Crippen LogP contribution < -0.4 is 9.47 Å². The van der Waals surface area contributed by atoms with Crippen molar-refractivity contribution in [1.29, 1.82) is 0 Å². The Balaban J connectivity index is 1.73. The fourth-order valence-corrected chi connectivity index (χ4v) is 2.76. The lowest BCUT2D eigenvalue weighted by Crippen LogP contribution is -2.09. The molecule has 156 valence electrons. The van der Waals surface area contributed by atoms with Gasteiger partial charge in [-0.3, -0.25) is 14.9 Å². The summed E-state index contributed by atoms with van der Waals surface area (Å²) in [5, 5.41) is 11.3. The Bertz CT molecular complexity index is 1150. The Hall–Kier alpha value is -3.97. The number of nitro groups is 1. The van der Waals surface area contributed by atoms with Crippen molar-refractivity contribution >= 4 is 35.1 Å². The number of esters is 1. The van der Waals surface area contributed by atoms with E-state index in [1.54, 1.807) is 42.5 Å². The summed E-state index contributed by atoms with van der Waals surface area (Å²) in [5.74, 6) is -0.415. The Kier molecular flexibility index (Phi) is 6.79. The summed E-state index contributed by atoms with van der Waals surface area (Å²) in [5.41, 5.74) is 1.19. The molecule has 0 atom stereocenters. The van der Waals surface area contributed by atoms with Crippen molar-refractivity contribution in [2.45, 2.75) is 0 Å². The van der Waals surface area contributed by atoms with Crippen LogP contribution in [0, 0.1) is 10.1 Å². The van der Waals surface area contributed by atoms with E-state index in [1.807, 2.05) is 0 Å². The summed E-state index contributed by atoms with van der Waals surface area (Å²) < 4.78 is 10.6. The second-order valence-corrected chi connectivity index (χ2v) is 6.74. The number of nitro benzene ring substituents is 1. The lowest BCUT2D eigenvalue weighted by molar-refractivity contribution is -0.384. The van der Waals surface area contributed by atoms with Crippen LogP contribution in [0.3, 0.4) is 0 Å². The van der Waals surface area contributed by atoms with Gasteiger partial charge in [-0.1, -0.05) is 23.7 Å². The molecule has 0 amide bonds. The predicted octanol–water partition coefficient (Wildman–Crippen LogP) is 5.37. The number of ether oxygens (including phenoxy) is 2. The number of hydrogen-bond acceptors (Lipinski definition) is 6. The van der Waals surface area contributed by atoms with Crippen LogP contribution in [-0.2, 0) is 0 Å². The van der Waals surface area contributed by atoms with Gasteiger partial charge in [0.2, 0.25) is 0 Å². The van der Waals surface area contributed by atoms with Gasteiger partial charge in [0.15, 0.2) is 17.3 Å². The number of benzene rings is 3. The number of non-ortho nitro benzene ring substituents is 1. The maximum atomic E-state index is 12.3. The molecule has 3 aromatic carbocycles. The van der Waals surface area contributed by atoms with E-state index in [2.05, 4.69) is 0 Å². The van der Waals surface area contributed by atoms with Crippen LogP contribution in [-0.4, -0.2) is 23.8 Å². The number of hydrogen-bond donors (Lipinski definition) is 0. The highest BCUT2D eigenvalue weighted by atomic mass is 35.5. The zero-order chi connectivity index (χ0) is 22.4. The molecule has 8 heteroatoms. The first-order valence-corrected chi connectivity index (χ1v) is 9.38. The number of carbonyl (C=O) groups excluding carboxylic acids is 2. The van der Waals surface area contributed by atoms with E-state index >= 15 is 0 Å². The van der Waals surface area contributed by atoms with Gasteiger partial charge in [0.25, 0.3) is 5.69 Å². The third-order valence-corrected chi connectivity index (χ3v) is 4.51. The third kappa shape index (κ3) is 5.55. The molecule has 0 bridgehead atoms. The van der Waals surface area contributed by atoms with Crippen molar-refractivity contribution in [2.75, 3.05) is 7.11 Å². The predicted molar refractivity (Wildman–Crippen MR) is 116 cm³/mol. The number of nitrogens with zero attached hydrogens (tertiary/aromatic N) is 1. The van der Waals surface area contributed by atoms with Gasteiger partial charge in [-0.05, 0) is 60.2 Å². The molecule has 31 heavy (non-hydrogen) atoms. The van der Waals surface area contributed by atoms with Crippen molar-refractivity contribution in [3.8, 4) is 11.5 Å². The summed E-state index contributed by atoms with van der Waals surface area (Å²) in [6, 6.07) is 16.4. The lowest BCUT2D eigenvalue weighted by Gasteiger charge is -2.10. The summed E-state index contributed by atoms with van der Waals surface area (Å²) in [7, 11) is 1.42. The van der Waals surface area contributed by atoms with Gasteiger partial charge in [-0.2, -0.15) is 0 Å². The number of rotatable bonds is 7. The minimum Gasteiger partial charge on any atom is -0.493 e. The molecule has 0 spiro atoms. The molecule has 0 unspecified atom stereocenters. The first-order chi connectivity index (χ1) is 14.9. The highest BCUT2D eigenvalue weighted by Gasteiger charge is 2.14. The van der Waals surface area contributed by atoms with Gasteiger partial charge in [0.05, 0.1) is 17.6 Å². The number of allylic oxidation sites excluding steroid dienone is 1. The molecule has 0 fully saturated rings. The van der Waals surface area contributed by atoms with Crippen molar-refractivity contribution in [3.63, 3.8) is 0 Å². The summed E-state index contributed by atoms with van der Waals surface area (Å²) in [6.07, 6.45) is 3.03. The zero-order valence-corrected chi connectivity index (χ0v) is 17.0. The first kappa shape index (κ1) is 21.7. The molecule has 3 rings (SSSR count). The van der Waals surface area contributed by atoms with Crippen molar-refractivity contribution < 1.29 is 24.0 Å². The van der Waals surface area contributed by atoms with Crippen molar-refractivity contribution in [2.24, 2.45) is 0 Å². The molecular weight excluding hydrogens is 422 g/mol. The van der Waals surface area contributed by atoms with Crippen LogP contribution in [0.5, 0.6) is 11.5 Å². The van der Waals surface area contributed by atoms with Gasteiger partial charge in [-0.25, -0.2) is 4.79 Å². The number of halogens is 1. The van der Waals surface area contributed by atoms with Gasteiger partial charge in [0.1, 0.15) is 0 Å². The van der Waals surface area contributed by atoms with Crippen molar-refractivity contribution in [1.82, 2.24) is 0 Å². The first-order valence-electron chi connectivity index (χ1n) is 9.00. The Morgan fingerprint density at radius 3 is 2.19 bits per heavy atom. The molecule has 0 aliphatic heterocycles. The Morgan fingerprint density at radius 1 is 0.935 bits per heavy atom. The van der Waals surface area contributed by atoms with E-state index in [1.165, 1.54) is 43.5 Å². The van der Waals surface area contributed by atoms with Crippen LogP contribution in [0.1, 0.15) is 26.3 Å². The smallest absolute Gasteiger partial charge is 0.343 e. The molecule has 0 saturated carbocycles. The van der Waals surface area contributed by atoms with Crippen LogP contribution in [0.25, 0.3) is 6.08 Å². The average molecular weight is 438 g/mol. The summed E-state index contributed by atoms with van der Waals surface area (Å²) in [6.45, 7) is 0. The molecule has 0 saturated heterocycles. The largest absolute Gasteiger partial charge is 0.493 e. The number of carbonyl (C=O) groups is 2. The number of methoxy groups -OCH3 is 1. The van der Waals surface area contributed by atoms with E-state index in [0.29, 0.717) is 16.1 Å². The standard InChI is InChI=1S/C23H16ClNO6/c1-30-22-14-15(2-12-20(26)16-4-8-18(24)9-5-16)3-13-21(22)31-23(27)17-6-10-19(11-7-17)25(28)29/h2-14H,1H3/b12-2+. The topological polar surface area (TPSA) is 95.7 Å². The quantitative estimate of drug-likeness (QED) is 0.123. The van der Waals surface area contributed by atoms with E-state index < -0.39 is 10.9 Å². The highest BCUT2D eigenvalue weighted by molar-refractivity contribution is 6.30. The van der Waals surface area contributed by atoms with Crippen LogP contribution in [0.4, 0.5) is 5.69 Å². The summed E-state index contributed by atoms with van der Waals surface area (Å²) in [4.78, 5) is 34.7. The summed E-state index contributed by atoms with van der Waals surface area (Å²) >= 11 is 5.83. The molecule has 0 aromatic heterocycles. The zero-order valence-electron chi connectivity index (χ0n) is 16.3. The molecule has 0 aliphatic carbocycles. The van der Waals surface area contributed by atoms with Gasteiger partial charge in [-0.15, -0.1) is 0 Å². The van der Waals surface area contributed by atoms with Crippen molar-refractivity contribution in [3.05, 3.63) is 105 Å². The van der Waals surface area contributed by atoms with Gasteiger partial charge < -0.3 is 9.47 Å². The van der Waals surface area contributed by atoms with E-state index in [0.717, 1.165) is 0 Å². The van der Waals surface area contributed by atoms with E-state index in [9.17, 15) is 19.7 Å². The second-order valence-electron chi connectivity index (χ2n) is 6.31. The third-order valence-electron chi connectivity index (χ3n) is 4.26. The Morgan fingerprint density at radius 2 is 1.58 bits per heavy atom. The van der Waals surface area contributed by atoms with E-state index in [-0.39, 0.29) is 28.5 Å². The molecule has 0 heterocycles. The fourth-order valence-electron chi connectivity index (χ4n) is 2.63. The maximum Gasteiger partial charge on any atom is 0.343 e. The molecule has 7 nitrogen and oxygen atoms in total. The molecular formula is C23H16ClNO6. The highest BCUT2D eigenvalue weighted by Crippen LogP contribution is 2.29. The minimum absolute atomic E-state index is 0.126. The monoisotopic (exact) mass is 437 g/mol. The maximum absolute atomic E-state index is 12.3. The normalized spacial score (nSPS) is 10.6. The average Bonchev–Trinajstić information content (AvgIpc) is 2.78. The fraction of sp³-hybridized carbons (Fsp3) is 0.0435. The number of ketones is 1. The molecule has 0 radical (unpaired) electrons. The minimum atomic E-state index is -0.686. The molecule has 0 N–H and O–H groups in total. The molecule has 0 aliphatic rings. The van der Waals surface area contributed by atoms with Crippen LogP contribution in [0.15, 0.2) is 72.8 Å².